The molecule has 0 unspecified atom stereocenters. The summed E-state index contributed by atoms with van der Waals surface area (Å²) in [5, 5.41) is 0. The normalized spacial score (nSPS) is 17.3. The lowest BCUT2D eigenvalue weighted by molar-refractivity contribution is -0.920. The maximum atomic E-state index is 10.4. The summed E-state index contributed by atoms with van der Waals surface area (Å²) in [4.78, 5) is -0.178. The van der Waals surface area contributed by atoms with Crippen LogP contribution in [0.3, 0.4) is 0 Å². The van der Waals surface area contributed by atoms with E-state index >= 15 is 0 Å². The molecule has 0 atom stereocenters. The first-order valence-electron chi connectivity index (χ1n) is 10.8. The number of piperidine rings is 1. The fourth-order valence-corrected chi connectivity index (χ4v) is 4.63. The van der Waals surface area contributed by atoms with Crippen molar-refractivity contribution in [3.63, 3.8) is 0 Å². The summed E-state index contributed by atoms with van der Waals surface area (Å²) in [5.74, 6) is 0. The lowest BCUT2D eigenvalue weighted by Crippen LogP contribution is -3.00. The van der Waals surface area contributed by atoms with Gasteiger partial charge in [-0.25, -0.2) is 13.0 Å². The molecule has 0 radical (unpaired) electrons. The van der Waals surface area contributed by atoms with Crippen LogP contribution in [0.4, 0.5) is 0 Å². The Labute approximate surface area is 197 Å². The van der Waals surface area contributed by atoms with Crippen LogP contribution >= 0.6 is 0 Å². The van der Waals surface area contributed by atoms with E-state index in [1.807, 2.05) is 6.92 Å². The molecule has 2 aliphatic rings. The van der Waals surface area contributed by atoms with E-state index < -0.39 is 10.1 Å². The van der Waals surface area contributed by atoms with Gasteiger partial charge in [-0.05, 0) is 49.9 Å². The number of quaternary nitrogens is 1. The minimum absolute atomic E-state index is 0. The summed E-state index contributed by atoms with van der Waals surface area (Å²) in [5.41, 5.74) is 3.87. The average Bonchev–Trinajstić information content (AvgIpc) is 2.73. The minimum Gasteiger partial charge on any atom is -1.00 e. The number of fused-ring (bicyclic) bond motifs is 1. The first-order valence-corrected chi connectivity index (χ1v) is 12.2. The number of halogens is 1. The van der Waals surface area contributed by atoms with Gasteiger partial charge in [0.1, 0.15) is 23.2 Å². The van der Waals surface area contributed by atoms with Crippen molar-refractivity contribution >= 4 is 16.3 Å². The highest BCUT2D eigenvalue weighted by atomic mass is 79.9. The van der Waals surface area contributed by atoms with Crippen LogP contribution in [0.25, 0.3) is 0 Å². The molecular formula is C24H33BrN2O3S. The molecule has 5 nitrogen and oxygen atoms in total. The van der Waals surface area contributed by atoms with Crippen molar-refractivity contribution in [3.05, 3.63) is 65.2 Å². The van der Waals surface area contributed by atoms with Gasteiger partial charge in [0.25, 0.3) is 0 Å². The van der Waals surface area contributed by atoms with Crippen molar-refractivity contribution in [3.8, 4) is 0 Å². The van der Waals surface area contributed by atoms with Crippen molar-refractivity contribution in [2.75, 3.05) is 39.8 Å². The minimum atomic E-state index is -4.27. The average molecular weight is 510 g/mol. The smallest absolute Gasteiger partial charge is 0.191 e. The van der Waals surface area contributed by atoms with Gasteiger partial charge in [-0.1, -0.05) is 35.9 Å². The van der Waals surface area contributed by atoms with E-state index in [1.54, 1.807) is 12.1 Å². The molecule has 7 heteroatoms. The van der Waals surface area contributed by atoms with Crippen LogP contribution in [0.5, 0.6) is 0 Å². The van der Waals surface area contributed by atoms with Gasteiger partial charge in [0.15, 0.2) is 12.8 Å². The molecule has 0 aromatic heterocycles. The highest BCUT2D eigenvalue weighted by molar-refractivity contribution is 7.85. The van der Waals surface area contributed by atoms with E-state index in [1.165, 1.54) is 86.1 Å². The van der Waals surface area contributed by atoms with Crippen LogP contribution < -0.4 is 17.0 Å². The molecular weight excluding hydrogens is 476 g/mol. The number of likely N-dealkylation sites (N-methyl/N-ethyl adjacent to an activating group) is 1. The highest BCUT2D eigenvalue weighted by Gasteiger charge is 2.27. The fourth-order valence-electron chi connectivity index (χ4n) is 4.16. The summed E-state index contributed by atoms with van der Waals surface area (Å²) in [6.45, 7) is 8.29. The van der Waals surface area contributed by atoms with Crippen LogP contribution in [0.1, 0.15) is 36.0 Å². The zero-order chi connectivity index (χ0) is 21.6. The predicted octanol–water partition coefficient (Wildman–Crippen LogP) is 0.208. The topological polar surface area (TPSA) is 60.2 Å². The molecule has 170 valence electrons. The Morgan fingerprint density at radius 1 is 1.00 bits per heavy atom. The van der Waals surface area contributed by atoms with Gasteiger partial charge >= 0.3 is 0 Å². The molecule has 0 aliphatic carbocycles. The van der Waals surface area contributed by atoms with E-state index in [2.05, 4.69) is 42.1 Å². The summed E-state index contributed by atoms with van der Waals surface area (Å²) >= 11 is 0. The largest absolute Gasteiger partial charge is 1.00 e. The first kappa shape index (κ1) is 25.7. The Balaban J connectivity index is 0.000000245. The Hall–Kier alpha value is -1.54. The third-order valence-electron chi connectivity index (χ3n) is 6.18. The zero-order valence-electron chi connectivity index (χ0n) is 18.5. The molecule has 31 heavy (non-hydrogen) atoms. The van der Waals surface area contributed by atoms with Gasteiger partial charge in [-0.2, -0.15) is 0 Å². The SMILES string of the molecule is C[N+]1(CC[N+]2=Cc3ccccc3CC2)CCCCC1.Cc1ccc(S(=O)(=O)[O-])cc1.[Br-]. The second-order valence-corrected chi connectivity index (χ2v) is 10.1. The molecule has 0 bridgehead atoms. The summed E-state index contributed by atoms with van der Waals surface area (Å²) in [6, 6.07) is 14.6. The molecule has 0 saturated carbocycles. The van der Waals surface area contributed by atoms with Crippen molar-refractivity contribution in [2.45, 2.75) is 37.5 Å². The van der Waals surface area contributed by atoms with Gasteiger partial charge in [0, 0.05) is 12.0 Å². The molecule has 0 amide bonds. The molecule has 2 heterocycles. The number of likely N-dealkylation sites (tertiary alicyclic amines) is 1. The van der Waals surface area contributed by atoms with Gasteiger partial charge in [-0.3, -0.25) is 0 Å². The van der Waals surface area contributed by atoms with E-state index in [0.29, 0.717) is 0 Å². The molecule has 1 saturated heterocycles. The Kier molecular flexibility index (Phi) is 9.43. The highest BCUT2D eigenvalue weighted by Crippen LogP contribution is 2.16. The Morgan fingerprint density at radius 2 is 1.65 bits per heavy atom. The molecule has 4 rings (SSSR count). The zero-order valence-corrected chi connectivity index (χ0v) is 20.9. The number of rotatable bonds is 4. The summed E-state index contributed by atoms with van der Waals surface area (Å²) in [7, 11) is -1.83. The number of nitrogens with zero attached hydrogens (tertiary/aromatic N) is 2. The van der Waals surface area contributed by atoms with Crippen molar-refractivity contribution in [2.24, 2.45) is 0 Å². The second kappa shape index (κ2) is 11.4. The molecule has 0 spiro atoms. The maximum Gasteiger partial charge on any atom is 0.191 e. The second-order valence-electron chi connectivity index (χ2n) is 8.73. The number of benzene rings is 2. The van der Waals surface area contributed by atoms with Crippen LogP contribution in [0.15, 0.2) is 53.4 Å². The van der Waals surface area contributed by atoms with E-state index in [-0.39, 0.29) is 21.9 Å². The monoisotopic (exact) mass is 508 g/mol. The molecule has 2 aromatic rings. The van der Waals surface area contributed by atoms with Crippen LogP contribution in [0, 0.1) is 6.92 Å². The standard InChI is InChI=1S/C17H26N2.C7H8O3S.BrH/c1-19(12-5-2-6-13-19)14-11-18-10-9-16-7-3-4-8-17(16)15-18;1-6-2-4-7(5-3-6)11(8,9)10;/h3-4,7-8,15H,2,5-6,9-14H2,1H3;2-5H,1H3,(H,8,9,10);1H/q+2;;/p-2. The van der Waals surface area contributed by atoms with E-state index in [0.717, 1.165) is 5.56 Å². The van der Waals surface area contributed by atoms with Crippen LogP contribution in [0.2, 0.25) is 0 Å². The fraction of sp³-hybridized carbons (Fsp3) is 0.458. The van der Waals surface area contributed by atoms with Crippen LogP contribution in [-0.2, 0) is 16.5 Å². The third kappa shape index (κ3) is 7.83. The first-order chi connectivity index (χ1) is 14.3. The van der Waals surface area contributed by atoms with Crippen molar-refractivity contribution in [1.82, 2.24) is 0 Å². The lowest BCUT2D eigenvalue weighted by atomic mass is 10.0. The van der Waals surface area contributed by atoms with Gasteiger partial charge in [-0.15, -0.1) is 0 Å². The summed E-state index contributed by atoms with van der Waals surface area (Å²) in [6.07, 6.45) is 7.86. The molecule has 2 aliphatic heterocycles. The van der Waals surface area contributed by atoms with Gasteiger partial charge in [0.2, 0.25) is 0 Å². The Morgan fingerprint density at radius 3 is 2.29 bits per heavy atom. The summed E-state index contributed by atoms with van der Waals surface area (Å²) < 4.78 is 35.0. The number of aryl methyl sites for hydroxylation is 1. The van der Waals surface area contributed by atoms with Gasteiger partial charge in [0.05, 0.1) is 25.0 Å². The number of hydrogen-bond donors (Lipinski definition) is 0. The Bertz CT molecular complexity index is 982. The lowest BCUT2D eigenvalue weighted by Gasteiger charge is -2.37. The number of hydrogen-bond acceptors (Lipinski definition) is 3. The van der Waals surface area contributed by atoms with E-state index in [4.69, 9.17) is 0 Å². The molecule has 0 N–H and O–H groups in total. The maximum absolute atomic E-state index is 10.4. The van der Waals surface area contributed by atoms with Crippen LogP contribution in [-0.4, -0.2) is 68.0 Å². The van der Waals surface area contributed by atoms with Crippen molar-refractivity contribution in [1.29, 1.82) is 0 Å². The third-order valence-corrected chi connectivity index (χ3v) is 7.03. The van der Waals surface area contributed by atoms with Gasteiger partial charge < -0.3 is 26.0 Å². The quantitative estimate of drug-likeness (QED) is 0.337. The van der Waals surface area contributed by atoms with Crippen molar-refractivity contribution < 1.29 is 39.0 Å². The molecule has 1 fully saturated rings. The molecule has 2 aromatic carbocycles. The predicted molar refractivity (Wildman–Crippen MR) is 119 cm³/mol. The van der Waals surface area contributed by atoms with E-state index in [9.17, 15) is 13.0 Å².